The first-order valence-corrected chi connectivity index (χ1v) is 7.14. The monoisotopic (exact) mass is 265 g/mol. The Hall–Kier alpha value is -1.02. The molecule has 2 rings (SSSR count). The molecule has 3 heteroatoms. The van der Waals surface area contributed by atoms with Gasteiger partial charge in [-0.1, -0.05) is 38.3 Å². The fraction of sp³-hybridized carbons (Fsp3) is 0.533. The molecule has 0 spiro atoms. The molecule has 0 radical (unpaired) electrons. The second-order valence-corrected chi connectivity index (χ2v) is 5.67. The highest BCUT2D eigenvalue weighted by atomic mass is 35.5. The van der Waals surface area contributed by atoms with Crippen molar-refractivity contribution in [1.82, 2.24) is 0 Å². The molecule has 0 unspecified atom stereocenters. The van der Waals surface area contributed by atoms with Crippen molar-refractivity contribution in [2.45, 2.75) is 44.9 Å². The first-order chi connectivity index (χ1) is 8.64. The molecule has 0 heterocycles. The predicted octanol–water partition coefficient (Wildman–Crippen LogP) is 4.33. The maximum atomic E-state index is 12.3. The molecule has 0 atom stereocenters. The molecule has 0 aromatic heterocycles. The van der Waals surface area contributed by atoms with E-state index >= 15 is 0 Å². The second-order valence-electron chi connectivity index (χ2n) is 5.41. The molecule has 1 fully saturated rings. The third-order valence-electron chi connectivity index (χ3n) is 3.87. The highest BCUT2D eigenvalue weighted by molar-refractivity contribution is 6.17. The molecule has 1 aliphatic carbocycles. The van der Waals surface area contributed by atoms with Crippen LogP contribution in [0, 0.1) is 5.41 Å². The summed E-state index contributed by atoms with van der Waals surface area (Å²) in [6, 6.07) is 7.74. The fourth-order valence-electron chi connectivity index (χ4n) is 2.52. The number of anilines is 1. The van der Waals surface area contributed by atoms with E-state index in [-0.39, 0.29) is 11.3 Å². The Morgan fingerprint density at radius 1 is 1.22 bits per heavy atom. The number of carbonyl (C=O) groups excluding carboxylic acids is 1. The van der Waals surface area contributed by atoms with Gasteiger partial charge in [-0.15, -0.1) is 11.6 Å². The summed E-state index contributed by atoms with van der Waals surface area (Å²) in [4.78, 5) is 12.3. The Balaban J connectivity index is 2.01. The van der Waals surface area contributed by atoms with Crippen LogP contribution in [0.15, 0.2) is 24.3 Å². The van der Waals surface area contributed by atoms with Gasteiger partial charge in [0.15, 0.2) is 0 Å². The van der Waals surface area contributed by atoms with Gasteiger partial charge < -0.3 is 5.32 Å². The number of halogens is 1. The van der Waals surface area contributed by atoms with Crippen molar-refractivity contribution in [3.63, 3.8) is 0 Å². The van der Waals surface area contributed by atoms with Crippen LogP contribution in [0.2, 0.25) is 0 Å². The lowest BCUT2D eigenvalue weighted by molar-refractivity contribution is -0.126. The fourth-order valence-corrected chi connectivity index (χ4v) is 2.70. The van der Waals surface area contributed by atoms with Crippen molar-refractivity contribution in [3.05, 3.63) is 29.8 Å². The van der Waals surface area contributed by atoms with Crippen molar-refractivity contribution in [2.24, 2.45) is 5.41 Å². The Bertz CT molecular complexity index is 407. The van der Waals surface area contributed by atoms with Crippen molar-refractivity contribution < 1.29 is 4.79 Å². The smallest absolute Gasteiger partial charge is 0.230 e. The Kier molecular flexibility index (Phi) is 4.28. The molecule has 0 saturated heterocycles. The van der Waals surface area contributed by atoms with Gasteiger partial charge in [-0.3, -0.25) is 4.79 Å². The number of hydrogen-bond acceptors (Lipinski definition) is 1. The van der Waals surface area contributed by atoms with Gasteiger partial charge in [0.05, 0.1) is 0 Å². The van der Waals surface area contributed by atoms with E-state index < -0.39 is 0 Å². The molecule has 18 heavy (non-hydrogen) atoms. The van der Waals surface area contributed by atoms with Crippen LogP contribution in [-0.2, 0) is 10.7 Å². The minimum absolute atomic E-state index is 0.154. The van der Waals surface area contributed by atoms with Crippen LogP contribution in [0.1, 0.15) is 44.6 Å². The van der Waals surface area contributed by atoms with Crippen LogP contribution >= 0.6 is 11.6 Å². The zero-order valence-corrected chi connectivity index (χ0v) is 11.6. The van der Waals surface area contributed by atoms with Crippen LogP contribution in [0.25, 0.3) is 0 Å². The minimum Gasteiger partial charge on any atom is -0.326 e. The number of carbonyl (C=O) groups is 1. The summed E-state index contributed by atoms with van der Waals surface area (Å²) in [5, 5.41) is 3.02. The lowest BCUT2D eigenvalue weighted by Crippen LogP contribution is -2.35. The zero-order valence-electron chi connectivity index (χ0n) is 10.8. The number of hydrogen-bond donors (Lipinski definition) is 1. The second kappa shape index (κ2) is 5.75. The van der Waals surface area contributed by atoms with Crippen LogP contribution < -0.4 is 5.32 Å². The van der Waals surface area contributed by atoms with Crippen LogP contribution in [-0.4, -0.2) is 5.91 Å². The van der Waals surface area contributed by atoms with E-state index in [2.05, 4.69) is 12.2 Å². The first kappa shape index (κ1) is 13.4. The predicted molar refractivity (Wildman–Crippen MR) is 75.8 cm³/mol. The van der Waals surface area contributed by atoms with Crippen LogP contribution in [0.3, 0.4) is 0 Å². The molecule has 1 N–H and O–H groups in total. The van der Waals surface area contributed by atoms with Crippen LogP contribution in [0.4, 0.5) is 5.69 Å². The lowest BCUT2D eigenvalue weighted by atomic mass is 9.75. The highest BCUT2D eigenvalue weighted by Crippen LogP contribution is 2.36. The molecular weight excluding hydrogens is 246 g/mol. The molecule has 0 aliphatic heterocycles. The zero-order chi connectivity index (χ0) is 13.0. The Morgan fingerprint density at radius 3 is 2.39 bits per heavy atom. The van der Waals surface area contributed by atoms with E-state index in [0.717, 1.165) is 36.9 Å². The van der Waals surface area contributed by atoms with Gasteiger partial charge in [0, 0.05) is 17.0 Å². The average Bonchev–Trinajstić information content (AvgIpc) is 2.40. The van der Waals surface area contributed by atoms with Crippen molar-refractivity contribution in [3.8, 4) is 0 Å². The Morgan fingerprint density at radius 2 is 1.83 bits per heavy atom. The summed E-state index contributed by atoms with van der Waals surface area (Å²) in [7, 11) is 0. The van der Waals surface area contributed by atoms with E-state index in [9.17, 15) is 4.79 Å². The van der Waals surface area contributed by atoms with E-state index in [4.69, 9.17) is 11.6 Å². The number of alkyl halides is 1. The normalized spacial score (nSPS) is 18.3. The van der Waals surface area contributed by atoms with Crippen LogP contribution in [0.5, 0.6) is 0 Å². The topological polar surface area (TPSA) is 29.1 Å². The van der Waals surface area contributed by atoms with Gasteiger partial charge in [-0.25, -0.2) is 0 Å². The van der Waals surface area contributed by atoms with E-state index in [0.29, 0.717) is 5.88 Å². The van der Waals surface area contributed by atoms with Crippen molar-refractivity contribution in [1.29, 1.82) is 0 Å². The molecular formula is C15H20ClNO. The summed E-state index contributed by atoms with van der Waals surface area (Å²) in [6.45, 7) is 2.08. The third-order valence-corrected chi connectivity index (χ3v) is 4.18. The van der Waals surface area contributed by atoms with E-state index in [1.165, 1.54) is 6.42 Å². The first-order valence-electron chi connectivity index (χ1n) is 6.60. The molecule has 1 aromatic rings. The third kappa shape index (κ3) is 3.05. The minimum atomic E-state index is -0.191. The van der Waals surface area contributed by atoms with Gasteiger partial charge in [-0.2, -0.15) is 0 Å². The molecule has 1 saturated carbocycles. The summed E-state index contributed by atoms with van der Waals surface area (Å²) in [6.07, 6.45) is 5.58. The highest BCUT2D eigenvalue weighted by Gasteiger charge is 2.34. The number of amides is 1. The SMILES string of the molecule is CC1(C(=O)Nc2ccc(CCl)cc2)CCCCC1. The largest absolute Gasteiger partial charge is 0.326 e. The van der Waals surface area contributed by atoms with Gasteiger partial charge in [0.25, 0.3) is 0 Å². The van der Waals surface area contributed by atoms with Gasteiger partial charge in [-0.05, 0) is 30.5 Å². The molecule has 0 bridgehead atoms. The average molecular weight is 266 g/mol. The standard InChI is InChI=1S/C15H20ClNO/c1-15(9-3-2-4-10-15)14(18)17-13-7-5-12(11-16)6-8-13/h5-8H,2-4,9-11H2,1H3,(H,17,18). The molecule has 1 aromatic carbocycles. The summed E-state index contributed by atoms with van der Waals surface area (Å²) < 4.78 is 0. The van der Waals surface area contributed by atoms with E-state index in [1.807, 2.05) is 24.3 Å². The van der Waals surface area contributed by atoms with E-state index in [1.54, 1.807) is 0 Å². The number of benzene rings is 1. The number of nitrogens with one attached hydrogen (secondary N) is 1. The maximum absolute atomic E-state index is 12.3. The Labute approximate surface area is 114 Å². The molecule has 98 valence electrons. The summed E-state index contributed by atoms with van der Waals surface area (Å²) in [5.41, 5.74) is 1.74. The maximum Gasteiger partial charge on any atom is 0.230 e. The summed E-state index contributed by atoms with van der Waals surface area (Å²) >= 11 is 5.74. The van der Waals surface area contributed by atoms with Crippen molar-refractivity contribution in [2.75, 3.05) is 5.32 Å². The molecule has 1 amide bonds. The van der Waals surface area contributed by atoms with Gasteiger partial charge in [0.1, 0.15) is 0 Å². The molecule has 1 aliphatic rings. The van der Waals surface area contributed by atoms with Crippen molar-refractivity contribution >= 4 is 23.2 Å². The van der Waals surface area contributed by atoms with Gasteiger partial charge >= 0.3 is 0 Å². The quantitative estimate of drug-likeness (QED) is 0.810. The number of rotatable bonds is 3. The molecule has 2 nitrogen and oxygen atoms in total. The lowest BCUT2D eigenvalue weighted by Gasteiger charge is -2.32. The summed E-state index contributed by atoms with van der Waals surface area (Å²) in [5.74, 6) is 0.659. The van der Waals surface area contributed by atoms with Gasteiger partial charge in [0.2, 0.25) is 5.91 Å².